The molecule has 76 valence electrons. The Bertz CT molecular complexity index is 507. The van der Waals surface area contributed by atoms with Gasteiger partial charge in [-0.05, 0) is 18.2 Å². The van der Waals surface area contributed by atoms with Gasteiger partial charge in [0.15, 0.2) is 0 Å². The molecule has 3 nitrogen and oxygen atoms in total. The van der Waals surface area contributed by atoms with E-state index in [1.165, 1.54) is 11.3 Å². The number of nitrogens with one attached hydrogen (secondary N) is 1. The molecule has 0 saturated carbocycles. The molecule has 2 rings (SSSR count). The molecular weight excluding hydrogens is 230 g/mol. The van der Waals surface area contributed by atoms with Gasteiger partial charge >= 0.3 is 0 Å². The van der Waals surface area contributed by atoms with Crippen molar-refractivity contribution in [1.29, 1.82) is 5.41 Å². The molecule has 0 unspecified atom stereocenters. The molecule has 15 heavy (non-hydrogen) atoms. The van der Waals surface area contributed by atoms with Crippen LogP contribution in [0.4, 0.5) is 5.69 Å². The molecule has 0 aliphatic rings. The molecule has 0 saturated heterocycles. The third kappa shape index (κ3) is 2.00. The van der Waals surface area contributed by atoms with Crippen molar-refractivity contribution in [2.75, 3.05) is 5.73 Å². The topological polar surface area (TPSA) is 62.8 Å². The highest BCUT2D eigenvalue weighted by atomic mass is 35.5. The smallest absolute Gasteiger partial charge is 0.103 e. The first-order valence-corrected chi connectivity index (χ1v) is 5.42. The lowest BCUT2D eigenvalue weighted by atomic mass is 10.2. The maximum Gasteiger partial charge on any atom is 0.103 e. The predicted octanol–water partition coefficient (Wildman–Crippen LogP) is 3.04. The Morgan fingerprint density at radius 1 is 1.47 bits per heavy atom. The van der Waals surface area contributed by atoms with E-state index in [1.54, 1.807) is 12.3 Å². The number of aromatic nitrogens is 1. The number of pyridine rings is 1. The van der Waals surface area contributed by atoms with Crippen LogP contribution in [0.25, 0.3) is 10.4 Å². The fourth-order valence-corrected chi connectivity index (χ4v) is 2.24. The molecule has 5 heteroatoms. The number of halogens is 1. The number of thiophene rings is 1. The molecular formula is C10H8ClN3S. The van der Waals surface area contributed by atoms with Gasteiger partial charge in [0.05, 0.1) is 10.0 Å². The molecule has 2 aromatic rings. The molecule has 3 N–H and O–H groups in total. The van der Waals surface area contributed by atoms with Crippen LogP contribution in [0.2, 0.25) is 4.34 Å². The van der Waals surface area contributed by atoms with E-state index in [9.17, 15) is 0 Å². The van der Waals surface area contributed by atoms with Crippen molar-refractivity contribution in [3.63, 3.8) is 0 Å². The zero-order valence-electron chi connectivity index (χ0n) is 7.70. The largest absolute Gasteiger partial charge is 0.397 e. The van der Waals surface area contributed by atoms with E-state index in [0.29, 0.717) is 11.4 Å². The van der Waals surface area contributed by atoms with Crippen molar-refractivity contribution in [2.45, 2.75) is 0 Å². The standard InChI is InChI=1S/C10H8ClN3S/c11-10-2-1-9(15-10)6-3-7(13)8(4-12)14-5-6/h1-5,12H,13H2. The van der Waals surface area contributed by atoms with Crippen molar-refractivity contribution in [3.05, 3.63) is 34.4 Å². The summed E-state index contributed by atoms with van der Waals surface area (Å²) in [5.41, 5.74) is 7.65. The van der Waals surface area contributed by atoms with E-state index in [2.05, 4.69) is 4.98 Å². The quantitative estimate of drug-likeness (QED) is 0.789. The van der Waals surface area contributed by atoms with Crippen molar-refractivity contribution >= 4 is 34.8 Å². The number of rotatable bonds is 2. The minimum Gasteiger partial charge on any atom is -0.397 e. The van der Waals surface area contributed by atoms with Gasteiger partial charge in [-0.1, -0.05) is 11.6 Å². The molecule has 0 spiro atoms. The zero-order chi connectivity index (χ0) is 10.8. The van der Waals surface area contributed by atoms with Crippen LogP contribution in [0, 0.1) is 5.41 Å². The van der Waals surface area contributed by atoms with E-state index in [0.717, 1.165) is 21.0 Å². The Balaban J connectivity index is 2.46. The third-order valence-corrected chi connectivity index (χ3v) is 3.22. The normalized spacial score (nSPS) is 10.2. The monoisotopic (exact) mass is 237 g/mol. The number of anilines is 1. The number of nitrogens with zero attached hydrogens (tertiary/aromatic N) is 1. The van der Waals surface area contributed by atoms with E-state index in [1.807, 2.05) is 12.1 Å². The molecule has 0 fully saturated rings. The first-order valence-electron chi connectivity index (χ1n) is 4.22. The van der Waals surface area contributed by atoms with Gasteiger partial charge in [-0.2, -0.15) is 0 Å². The van der Waals surface area contributed by atoms with Crippen LogP contribution in [0.1, 0.15) is 5.69 Å². The first kappa shape index (κ1) is 10.1. The Morgan fingerprint density at radius 3 is 2.80 bits per heavy atom. The molecule has 0 atom stereocenters. The average Bonchev–Trinajstić information content (AvgIpc) is 2.65. The van der Waals surface area contributed by atoms with Gasteiger partial charge in [0.1, 0.15) is 5.69 Å². The molecule has 0 amide bonds. The Kier molecular flexibility index (Phi) is 2.70. The fourth-order valence-electron chi connectivity index (χ4n) is 1.22. The molecule has 2 heterocycles. The van der Waals surface area contributed by atoms with Crippen LogP contribution in [-0.4, -0.2) is 11.2 Å². The van der Waals surface area contributed by atoms with Gasteiger partial charge in [-0.15, -0.1) is 11.3 Å². The fraction of sp³-hybridized carbons (Fsp3) is 0. The number of nitrogen functional groups attached to an aromatic ring is 1. The van der Waals surface area contributed by atoms with E-state index < -0.39 is 0 Å². The molecule has 0 bridgehead atoms. The maximum absolute atomic E-state index is 7.08. The van der Waals surface area contributed by atoms with Gasteiger partial charge < -0.3 is 11.1 Å². The van der Waals surface area contributed by atoms with Crippen molar-refractivity contribution < 1.29 is 0 Å². The minimum atomic E-state index is 0.487. The highest BCUT2D eigenvalue weighted by molar-refractivity contribution is 7.19. The van der Waals surface area contributed by atoms with Crippen LogP contribution in [-0.2, 0) is 0 Å². The summed E-state index contributed by atoms with van der Waals surface area (Å²) in [6.45, 7) is 0. The highest BCUT2D eigenvalue weighted by Gasteiger charge is 2.04. The number of hydrogen-bond donors (Lipinski definition) is 2. The second-order valence-corrected chi connectivity index (χ2v) is 4.66. The third-order valence-electron chi connectivity index (χ3n) is 1.94. The summed E-state index contributed by atoms with van der Waals surface area (Å²) in [5, 5.41) is 7.08. The van der Waals surface area contributed by atoms with Gasteiger partial charge in [-0.3, -0.25) is 4.98 Å². The van der Waals surface area contributed by atoms with Crippen molar-refractivity contribution in [1.82, 2.24) is 4.98 Å². The molecule has 0 aliphatic carbocycles. The lowest BCUT2D eigenvalue weighted by Gasteiger charge is -2.01. The second kappa shape index (κ2) is 4.00. The Hall–Kier alpha value is -1.39. The van der Waals surface area contributed by atoms with Gasteiger partial charge in [-0.25, -0.2) is 0 Å². The summed E-state index contributed by atoms with van der Waals surface area (Å²) in [6.07, 6.45) is 2.83. The van der Waals surface area contributed by atoms with E-state index in [-0.39, 0.29) is 0 Å². The maximum atomic E-state index is 7.08. The molecule has 2 aromatic heterocycles. The first-order chi connectivity index (χ1) is 7.20. The Morgan fingerprint density at radius 2 is 2.27 bits per heavy atom. The predicted molar refractivity (Wildman–Crippen MR) is 64.9 cm³/mol. The average molecular weight is 238 g/mol. The van der Waals surface area contributed by atoms with Crippen LogP contribution < -0.4 is 5.73 Å². The van der Waals surface area contributed by atoms with Gasteiger partial charge in [0.2, 0.25) is 0 Å². The van der Waals surface area contributed by atoms with Crippen molar-refractivity contribution in [3.8, 4) is 10.4 Å². The second-order valence-electron chi connectivity index (χ2n) is 2.95. The van der Waals surface area contributed by atoms with Gasteiger partial charge in [0.25, 0.3) is 0 Å². The van der Waals surface area contributed by atoms with Crippen LogP contribution >= 0.6 is 22.9 Å². The zero-order valence-corrected chi connectivity index (χ0v) is 9.27. The summed E-state index contributed by atoms with van der Waals surface area (Å²) < 4.78 is 0.736. The van der Waals surface area contributed by atoms with E-state index >= 15 is 0 Å². The SMILES string of the molecule is N=Cc1ncc(-c2ccc(Cl)s2)cc1N. The number of hydrogen-bond acceptors (Lipinski definition) is 4. The number of nitrogens with two attached hydrogens (primary N) is 1. The lowest BCUT2D eigenvalue weighted by molar-refractivity contribution is 1.30. The summed E-state index contributed by atoms with van der Waals surface area (Å²) in [6, 6.07) is 5.56. The summed E-state index contributed by atoms with van der Waals surface area (Å²) in [4.78, 5) is 5.10. The van der Waals surface area contributed by atoms with Gasteiger partial charge in [0, 0.05) is 22.9 Å². The molecule has 0 aliphatic heterocycles. The summed E-state index contributed by atoms with van der Waals surface area (Å²) in [5.74, 6) is 0. The van der Waals surface area contributed by atoms with Crippen LogP contribution in [0.15, 0.2) is 24.4 Å². The van der Waals surface area contributed by atoms with E-state index in [4.69, 9.17) is 22.7 Å². The Labute approximate surface area is 96.0 Å². The molecule has 0 aromatic carbocycles. The molecule has 0 radical (unpaired) electrons. The van der Waals surface area contributed by atoms with Crippen molar-refractivity contribution in [2.24, 2.45) is 0 Å². The summed E-state index contributed by atoms with van der Waals surface area (Å²) >= 11 is 7.32. The highest BCUT2D eigenvalue weighted by Crippen LogP contribution is 2.31. The lowest BCUT2D eigenvalue weighted by Crippen LogP contribution is -1.96. The van der Waals surface area contributed by atoms with Crippen LogP contribution in [0.5, 0.6) is 0 Å². The minimum absolute atomic E-state index is 0.487. The van der Waals surface area contributed by atoms with Crippen LogP contribution in [0.3, 0.4) is 0 Å². The summed E-state index contributed by atoms with van der Waals surface area (Å²) in [7, 11) is 0.